The van der Waals surface area contributed by atoms with Crippen LogP contribution in [0.15, 0.2) is 47.1 Å². The van der Waals surface area contributed by atoms with Crippen molar-refractivity contribution in [2.75, 3.05) is 0 Å². The minimum Gasteiger partial charge on any atom is -0.390 e. The van der Waals surface area contributed by atoms with E-state index in [0.717, 1.165) is 24.9 Å². The van der Waals surface area contributed by atoms with Gasteiger partial charge in [0.05, 0.1) is 12.8 Å². The molecule has 3 aromatic rings. The number of nitrogens with one attached hydrogen (secondary N) is 1. The van der Waals surface area contributed by atoms with Crippen molar-refractivity contribution in [2.45, 2.75) is 32.0 Å². The predicted molar refractivity (Wildman–Crippen MR) is 91.9 cm³/mol. The molecule has 2 N–H and O–H groups in total. The van der Waals surface area contributed by atoms with Crippen molar-refractivity contribution >= 4 is 5.91 Å². The highest BCUT2D eigenvalue weighted by Crippen LogP contribution is 2.29. The Morgan fingerprint density at radius 2 is 2.12 bits per heavy atom. The summed E-state index contributed by atoms with van der Waals surface area (Å²) in [5.74, 6) is 0.408. The Labute approximate surface area is 149 Å². The fraction of sp³-hybridized carbons (Fsp3) is 0.333. The predicted octanol–water partition coefficient (Wildman–Crippen LogP) is 1.63. The van der Waals surface area contributed by atoms with Crippen LogP contribution in [0.2, 0.25) is 0 Å². The second-order valence-electron chi connectivity index (χ2n) is 6.54. The Bertz CT molecular complexity index is 883. The van der Waals surface area contributed by atoms with Gasteiger partial charge in [0.15, 0.2) is 0 Å². The number of rotatable bonds is 6. The normalized spacial score (nSPS) is 19.1. The highest BCUT2D eigenvalue weighted by atomic mass is 16.5. The highest BCUT2D eigenvalue weighted by Gasteiger charge is 2.31. The molecule has 0 spiro atoms. The molecule has 134 valence electrons. The quantitative estimate of drug-likeness (QED) is 0.698. The molecule has 0 aliphatic heterocycles. The molecular formula is C18H19N5O3. The molecule has 1 aliphatic rings. The standard InChI is InChI=1S/C18H19N5O3/c24-11-15-10-23(22-20-15)9-12-6-14(7-12)19-18(25)17-8-16(21-26-17)13-4-2-1-3-5-13/h1-5,8,10,12,14,24H,6-7,9,11H2,(H,19,25). The molecule has 1 amide bonds. The summed E-state index contributed by atoms with van der Waals surface area (Å²) in [6.45, 7) is 0.630. The lowest BCUT2D eigenvalue weighted by Gasteiger charge is -2.35. The number of amides is 1. The Balaban J connectivity index is 1.28. The van der Waals surface area contributed by atoms with E-state index in [1.807, 2.05) is 30.3 Å². The number of carbonyl (C=O) groups excluding carboxylic acids is 1. The van der Waals surface area contributed by atoms with E-state index in [1.165, 1.54) is 0 Å². The first-order valence-electron chi connectivity index (χ1n) is 8.54. The van der Waals surface area contributed by atoms with Crippen molar-refractivity contribution in [3.63, 3.8) is 0 Å². The van der Waals surface area contributed by atoms with Gasteiger partial charge in [-0.05, 0) is 18.8 Å². The van der Waals surface area contributed by atoms with Crippen LogP contribution in [0.3, 0.4) is 0 Å². The summed E-state index contributed by atoms with van der Waals surface area (Å²) in [4.78, 5) is 12.3. The van der Waals surface area contributed by atoms with Crippen LogP contribution in [0.5, 0.6) is 0 Å². The summed E-state index contributed by atoms with van der Waals surface area (Å²) >= 11 is 0. The summed E-state index contributed by atoms with van der Waals surface area (Å²) in [6.07, 6.45) is 3.49. The fourth-order valence-corrected chi connectivity index (χ4v) is 3.15. The lowest BCUT2D eigenvalue weighted by Crippen LogP contribution is -2.45. The van der Waals surface area contributed by atoms with Gasteiger partial charge in [0.25, 0.3) is 5.91 Å². The third kappa shape index (κ3) is 3.50. The van der Waals surface area contributed by atoms with E-state index in [4.69, 9.17) is 9.63 Å². The van der Waals surface area contributed by atoms with E-state index in [1.54, 1.807) is 16.9 Å². The van der Waals surface area contributed by atoms with E-state index in [9.17, 15) is 4.79 Å². The Morgan fingerprint density at radius 1 is 1.31 bits per heavy atom. The minimum atomic E-state index is -0.244. The Hall–Kier alpha value is -3.00. The van der Waals surface area contributed by atoms with E-state index in [2.05, 4.69) is 20.8 Å². The number of carbonyl (C=O) groups is 1. The number of nitrogens with zero attached hydrogens (tertiary/aromatic N) is 4. The number of aromatic nitrogens is 4. The zero-order chi connectivity index (χ0) is 17.9. The first-order valence-corrected chi connectivity index (χ1v) is 8.54. The Morgan fingerprint density at radius 3 is 2.85 bits per heavy atom. The molecule has 1 saturated carbocycles. The molecule has 4 rings (SSSR count). The third-order valence-corrected chi connectivity index (χ3v) is 4.57. The number of aliphatic hydroxyl groups is 1. The molecule has 0 radical (unpaired) electrons. The molecule has 0 saturated heterocycles. The molecule has 0 bridgehead atoms. The summed E-state index contributed by atoms with van der Waals surface area (Å²) < 4.78 is 6.91. The maximum absolute atomic E-state index is 12.3. The number of aliphatic hydroxyl groups excluding tert-OH is 1. The van der Waals surface area contributed by atoms with Gasteiger partial charge >= 0.3 is 0 Å². The van der Waals surface area contributed by atoms with Gasteiger partial charge in [-0.3, -0.25) is 9.48 Å². The molecule has 1 aromatic carbocycles. The largest absolute Gasteiger partial charge is 0.390 e. The maximum Gasteiger partial charge on any atom is 0.290 e. The molecular weight excluding hydrogens is 334 g/mol. The molecule has 1 aliphatic carbocycles. The van der Waals surface area contributed by atoms with Crippen molar-refractivity contribution < 1.29 is 14.4 Å². The van der Waals surface area contributed by atoms with Crippen LogP contribution in [0.4, 0.5) is 0 Å². The van der Waals surface area contributed by atoms with Crippen molar-refractivity contribution in [2.24, 2.45) is 5.92 Å². The number of hydrogen-bond acceptors (Lipinski definition) is 6. The summed E-state index contributed by atoms with van der Waals surface area (Å²) in [5.41, 5.74) is 2.12. The van der Waals surface area contributed by atoms with Crippen LogP contribution in [-0.2, 0) is 13.2 Å². The first kappa shape index (κ1) is 16.5. The molecule has 8 nitrogen and oxygen atoms in total. The van der Waals surface area contributed by atoms with E-state index in [0.29, 0.717) is 17.3 Å². The second kappa shape index (κ2) is 7.09. The highest BCUT2D eigenvalue weighted by molar-refractivity contribution is 5.92. The molecule has 2 aromatic heterocycles. The van der Waals surface area contributed by atoms with Crippen LogP contribution in [-0.4, -0.2) is 37.2 Å². The van der Waals surface area contributed by atoms with Crippen molar-refractivity contribution in [1.82, 2.24) is 25.5 Å². The van der Waals surface area contributed by atoms with Crippen LogP contribution in [0, 0.1) is 5.92 Å². The van der Waals surface area contributed by atoms with E-state index in [-0.39, 0.29) is 24.3 Å². The SMILES string of the molecule is O=C(NC1CC(Cn2cc(CO)nn2)C1)c1cc(-c2ccccc2)no1. The average Bonchev–Trinajstić information content (AvgIpc) is 3.30. The average molecular weight is 353 g/mol. The zero-order valence-electron chi connectivity index (χ0n) is 14.1. The van der Waals surface area contributed by atoms with Crippen LogP contribution in [0.25, 0.3) is 11.3 Å². The monoisotopic (exact) mass is 353 g/mol. The van der Waals surface area contributed by atoms with E-state index < -0.39 is 0 Å². The van der Waals surface area contributed by atoms with Gasteiger partial charge in [-0.1, -0.05) is 40.7 Å². The minimum absolute atomic E-state index is 0.106. The molecule has 2 heterocycles. The van der Waals surface area contributed by atoms with Crippen molar-refractivity contribution in [1.29, 1.82) is 0 Å². The number of hydrogen-bond donors (Lipinski definition) is 2. The van der Waals surface area contributed by atoms with Gasteiger partial charge < -0.3 is 14.9 Å². The summed E-state index contributed by atoms with van der Waals surface area (Å²) in [6, 6.07) is 11.4. The number of benzene rings is 1. The van der Waals surface area contributed by atoms with Crippen LogP contribution < -0.4 is 5.32 Å². The van der Waals surface area contributed by atoms with Crippen molar-refractivity contribution in [3.05, 3.63) is 54.0 Å². The van der Waals surface area contributed by atoms with Crippen LogP contribution in [0.1, 0.15) is 29.1 Å². The molecule has 8 heteroatoms. The molecule has 0 atom stereocenters. The fourth-order valence-electron chi connectivity index (χ4n) is 3.15. The summed E-state index contributed by atoms with van der Waals surface area (Å²) in [7, 11) is 0. The first-order chi connectivity index (χ1) is 12.7. The second-order valence-corrected chi connectivity index (χ2v) is 6.54. The smallest absolute Gasteiger partial charge is 0.290 e. The topological polar surface area (TPSA) is 106 Å². The molecule has 26 heavy (non-hydrogen) atoms. The lowest BCUT2D eigenvalue weighted by atomic mass is 9.80. The zero-order valence-corrected chi connectivity index (χ0v) is 14.1. The van der Waals surface area contributed by atoms with Crippen molar-refractivity contribution in [3.8, 4) is 11.3 Å². The van der Waals surface area contributed by atoms with E-state index >= 15 is 0 Å². The van der Waals surface area contributed by atoms with Gasteiger partial charge in [0, 0.05) is 24.2 Å². The third-order valence-electron chi connectivity index (χ3n) is 4.57. The van der Waals surface area contributed by atoms with Gasteiger partial charge in [0.1, 0.15) is 11.4 Å². The van der Waals surface area contributed by atoms with Gasteiger partial charge in [0.2, 0.25) is 5.76 Å². The molecule has 1 fully saturated rings. The Kier molecular flexibility index (Phi) is 4.49. The summed E-state index contributed by atoms with van der Waals surface area (Å²) in [5, 5.41) is 23.8. The van der Waals surface area contributed by atoms with Gasteiger partial charge in [-0.2, -0.15) is 0 Å². The maximum atomic E-state index is 12.3. The van der Waals surface area contributed by atoms with Gasteiger partial charge in [-0.25, -0.2) is 0 Å². The lowest BCUT2D eigenvalue weighted by molar-refractivity contribution is 0.0842. The molecule has 0 unspecified atom stereocenters. The van der Waals surface area contributed by atoms with Gasteiger partial charge in [-0.15, -0.1) is 5.10 Å². The van der Waals surface area contributed by atoms with Crippen LogP contribution >= 0.6 is 0 Å².